The molecule has 0 unspecified atom stereocenters. The predicted molar refractivity (Wildman–Crippen MR) is 49.1 cm³/mol. The quantitative estimate of drug-likeness (QED) is 0.537. The minimum atomic E-state index is 0.570. The third-order valence-electron chi connectivity index (χ3n) is 1.33. The van der Waals surface area contributed by atoms with E-state index in [9.17, 15) is 0 Å². The molecule has 1 heterocycles. The number of thioether (sulfide) groups is 1. The van der Waals surface area contributed by atoms with Gasteiger partial charge in [-0.1, -0.05) is 18.7 Å². The summed E-state index contributed by atoms with van der Waals surface area (Å²) in [5.41, 5.74) is 0. The van der Waals surface area contributed by atoms with Gasteiger partial charge in [-0.2, -0.15) is 0 Å². The maximum Gasteiger partial charge on any atom is 0.169 e. The Morgan fingerprint density at radius 1 is 1.73 bits per heavy atom. The number of aromatic nitrogens is 2. The van der Waals surface area contributed by atoms with Crippen molar-refractivity contribution < 1.29 is 0 Å². The Kier molecular flexibility index (Phi) is 3.80. The van der Waals surface area contributed by atoms with Gasteiger partial charge in [-0.3, -0.25) is 0 Å². The largest absolute Gasteiger partial charge is 0.326 e. The number of aryl methyl sites for hydroxylation is 1. The molecule has 4 heteroatoms. The Labute approximate surface area is 76.0 Å². The Morgan fingerprint density at radius 3 is 3.18 bits per heavy atom. The van der Waals surface area contributed by atoms with E-state index >= 15 is 0 Å². The summed E-state index contributed by atoms with van der Waals surface area (Å²) < 4.78 is 2.12. The van der Waals surface area contributed by atoms with Crippen LogP contribution in [0.15, 0.2) is 17.6 Å². The van der Waals surface area contributed by atoms with Gasteiger partial charge in [0.05, 0.1) is 5.21 Å². The highest BCUT2D eigenvalue weighted by Crippen LogP contribution is 2.16. The second kappa shape index (κ2) is 4.67. The van der Waals surface area contributed by atoms with Crippen molar-refractivity contribution >= 4 is 23.4 Å². The van der Waals surface area contributed by atoms with E-state index in [1.807, 2.05) is 12.4 Å². The molecule has 0 aliphatic rings. The normalized spacial score (nSPS) is 10.4. The van der Waals surface area contributed by atoms with Crippen molar-refractivity contribution in [2.75, 3.05) is 5.21 Å². The van der Waals surface area contributed by atoms with E-state index in [2.05, 4.69) is 16.5 Å². The first-order valence-electron chi connectivity index (χ1n) is 3.58. The van der Waals surface area contributed by atoms with Crippen LogP contribution in [0.5, 0.6) is 0 Å². The maximum absolute atomic E-state index is 5.57. The monoisotopic (exact) mass is 190 g/mol. The summed E-state index contributed by atoms with van der Waals surface area (Å²) in [6, 6.07) is 0. The molecule has 1 aromatic heterocycles. The van der Waals surface area contributed by atoms with Crippen LogP contribution in [0.2, 0.25) is 0 Å². The highest BCUT2D eigenvalue weighted by molar-refractivity contribution is 8.00. The smallest absolute Gasteiger partial charge is 0.169 e. The van der Waals surface area contributed by atoms with Crippen molar-refractivity contribution in [3.63, 3.8) is 0 Å². The predicted octanol–water partition coefficient (Wildman–Crippen LogP) is 2.58. The third-order valence-corrected chi connectivity index (χ3v) is 2.36. The molecule has 0 bridgehead atoms. The molecule has 1 aromatic rings. The van der Waals surface area contributed by atoms with E-state index in [4.69, 9.17) is 11.6 Å². The van der Waals surface area contributed by atoms with Gasteiger partial charge in [0.2, 0.25) is 0 Å². The van der Waals surface area contributed by atoms with Crippen LogP contribution in [0, 0.1) is 0 Å². The molecule has 62 valence electrons. The zero-order valence-electron chi connectivity index (χ0n) is 6.46. The Bertz CT molecular complexity index is 191. The number of imidazole rings is 1. The average Bonchev–Trinajstić information content (AvgIpc) is 2.39. The highest BCUT2D eigenvalue weighted by atomic mass is 35.5. The Hall–Kier alpha value is -0.150. The molecular weight excluding hydrogens is 180 g/mol. The van der Waals surface area contributed by atoms with Crippen molar-refractivity contribution in [2.45, 2.75) is 25.0 Å². The fourth-order valence-corrected chi connectivity index (χ4v) is 1.74. The molecule has 0 N–H and O–H groups in total. The molecule has 0 fully saturated rings. The summed E-state index contributed by atoms with van der Waals surface area (Å²) in [7, 11) is 0. The molecule has 0 saturated carbocycles. The number of rotatable bonds is 4. The molecule has 2 nitrogen and oxygen atoms in total. The second-order valence-electron chi connectivity index (χ2n) is 2.16. The van der Waals surface area contributed by atoms with E-state index < -0.39 is 0 Å². The summed E-state index contributed by atoms with van der Waals surface area (Å²) in [6.45, 7) is 3.17. The van der Waals surface area contributed by atoms with Crippen molar-refractivity contribution in [1.82, 2.24) is 9.55 Å². The fraction of sp³-hybridized carbons (Fsp3) is 0.571. The van der Waals surface area contributed by atoms with Gasteiger partial charge in [0.25, 0.3) is 0 Å². The lowest BCUT2D eigenvalue weighted by atomic mass is 10.5. The van der Waals surface area contributed by atoms with Crippen molar-refractivity contribution in [3.05, 3.63) is 12.4 Å². The van der Waals surface area contributed by atoms with Gasteiger partial charge in [0, 0.05) is 18.9 Å². The van der Waals surface area contributed by atoms with Crippen LogP contribution < -0.4 is 0 Å². The summed E-state index contributed by atoms with van der Waals surface area (Å²) in [4.78, 5) is 4.17. The minimum Gasteiger partial charge on any atom is -0.326 e. The van der Waals surface area contributed by atoms with Gasteiger partial charge in [-0.15, -0.1) is 11.6 Å². The SMILES string of the molecule is CCCn1ccnc1SCCl. The molecule has 0 amide bonds. The molecule has 1 rings (SSSR count). The van der Waals surface area contributed by atoms with Gasteiger partial charge in [0.1, 0.15) is 0 Å². The maximum atomic E-state index is 5.57. The van der Waals surface area contributed by atoms with Crippen molar-refractivity contribution in [2.24, 2.45) is 0 Å². The lowest BCUT2D eigenvalue weighted by Gasteiger charge is -2.02. The summed E-state index contributed by atoms with van der Waals surface area (Å²) in [5, 5.41) is 1.59. The van der Waals surface area contributed by atoms with Crippen LogP contribution in [0.1, 0.15) is 13.3 Å². The number of alkyl halides is 1. The summed E-state index contributed by atoms with van der Waals surface area (Å²) in [6.07, 6.45) is 4.93. The number of hydrogen-bond donors (Lipinski definition) is 0. The first-order chi connectivity index (χ1) is 5.38. The summed E-state index contributed by atoms with van der Waals surface area (Å²) in [5.74, 6) is 0. The van der Waals surface area contributed by atoms with Gasteiger partial charge in [0.15, 0.2) is 5.16 Å². The van der Waals surface area contributed by atoms with E-state index in [0.29, 0.717) is 5.21 Å². The molecule has 0 aromatic carbocycles. The molecule has 0 saturated heterocycles. The standard InChI is InChI=1S/C7H11ClN2S/c1-2-4-10-5-3-9-7(10)11-6-8/h3,5H,2,4,6H2,1H3. The Balaban J connectivity index is 2.62. The van der Waals surface area contributed by atoms with Crippen LogP contribution in [0.4, 0.5) is 0 Å². The molecule has 0 spiro atoms. The van der Waals surface area contributed by atoms with Gasteiger partial charge < -0.3 is 4.57 Å². The molecule has 0 atom stereocenters. The molecule has 0 radical (unpaired) electrons. The molecular formula is C7H11ClN2S. The zero-order chi connectivity index (χ0) is 8.10. The topological polar surface area (TPSA) is 17.8 Å². The summed E-state index contributed by atoms with van der Waals surface area (Å²) >= 11 is 7.14. The van der Waals surface area contributed by atoms with E-state index in [1.54, 1.807) is 11.8 Å². The van der Waals surface area contributed by atoms with Gasteiger partial charge in [-0.25, -0.2) is 4.98 Å². The average molecular weight is 191 g/mol. The third kappa shape index (κ3) is 2.42. The van der Waals surface area contributed by atoms with Crippen LogP contribution in [-0.4, -0.2) is 14.8 Å². The van der Waals surface area contributed by atoms with Gasteiger partial charge >= 0.3 is 0 Å². The van der Waals surface area contributed by atoms with E-state index in [1.165, 1.54) is 0 Å². The number of hydrogen-bond acceptors (Lipinski definition) is 2. The minimum absolute atomic E-state index is 0.570. The lowest BCUT2D eigenvalue weighted by molar-refractivity contribution is 0.621. The number of halogens is 1. The van der Waals surface area contributed by atoms with Crippen molar-refractivity contribution in [1.29, 1.82) is 0 Å². The van der Waals surface area contributed by atoms with Crippen LogP contribution in [0.3, 0.4) is 0 Å². The van der Waals surface area contributed by atoms with E-state index in [0.717, 1.165) is 18.1 Å². The lowest BCUT2D eigenvalue weighted by Crippen LogP contribution is -1.96. The first-order valence-corrected chi connectivity index (χ1v) is 5.10. The molecule has 0 aliphatic carbocycles. The molecule has 0 aliphatic heterocycles. The first kappa shape index (κ1) is 8.94. The van der Waals surface area contributed by atoms with Crippen LogP contribution in [-0.2, 0) is 6.54 Å². The van der Waals surface area contributed by atoms with E-state index in [-0.39, 0.29) is 0 Å². The van der Waals surface area contributed by atoms with Gasteiger partial charge in [-0.05, 0) is 6.42 Å². The fourth-order valence-electron chi connectivity index (χ4n) is 0.896. The highest BCUT2D eigenvalue weighted by Gasteiger charge is 1.99. The van der Waals surface area contributed by atoms with Crippen LogP contribution in [0.25, 0.3) is 0 Å². The number of nitrogens with zero attached hydrogens (tertiary/aromatic N) is 2. The molecule has 11 heavy (non-hydrogen) atoms. The second-order valence-corrected chi connectivity index (χ2v) is 3.68. The van der Waals surface area contributed by atoms with Crippen LogP contribution >= 0.6 is 23.4 Å². The van der Waals surface area contributed by atoms with Crippen molar-refractivity contribution in [3.8, 4) is 0 Å². The zero-order valence-corrected chi connectivity index (χ0v) is 8.03. The Morgan fingerprint density at radius 2 is 2.55 bits per heavy atom.